The molecule has 1 saturated heterocycles. The van der Waals surface area contributed by atoms with E-state index in [1.165, 1.54) is 6.07 Å². The van der Waals surface area contributed by atoms with Crippen LogP contribution < -0.4 is 5.32 Å². The van der Waals surface area contributed by atoms with Gasteiger partial charge in [0.2, 0.25) is 0 Å². The van der Waals surface area contributed by atoms with E-state index in [0.29, 0.717) is 18.6 Å². The number of ether oxygens (including phenoxy) is 2. The Morgan fingerprint density at radius 2 is 1.51 bits per heavy atom. The molecule has 1 fully saturated rings. The SMILES string of the molecule is CCOC(=O)c1ccccc1NC(=O)N1CCC(OCc2cc(C(F)(F)F)cc(C(F)(F)F)c2)C(Cc2ccccc2)C1. The molecule has 4 rings (SSSR count). The first-order valence-corrected chi connectivity index (χ1v) is 13.6. The molecule has 43 heavy (non-hydrogen) atoms. The smallest absolute Gasteiger partial charge is 0.416 e. The summed E-state index contributed by atoms with van der Waals surface area (Å²) in [5.74, 6) is -0.911. The number of amides is 2. The van der Waals surface area contributed by atoms with Crippen LogP contribution in [0.25, 0.3) is 0 Å². The summed E-state index contributed by atoms with van der Waals surface area (Å²) in [5.41, 5.74) is -1.68. The van der Waals surface area contributed by atoms with Crippen LogP contribution in [-0.4, -0.2) is 42.7 Å². The van der Waals surface area contributed by atoms with Gasteiger partial charge in [-0.05, 0) is 61.2 Å². The Balaban J connectivity index is 1.52. The van der Waals surface area contributed by atoms with E-state index >= 15 is 0 Å². The number of urea groups is 1. The number of para-hydroxylation sites is 1. The van der Waals surface area contributed by atoms with Crippen LogP contribution >= 0.6 is 0 Å². The molecule has 0 spiro atoms. The van der Waals surface area contributed by atoms with Gasteiger partial charge in [0, 0.05) is 19.0 Å². The van der Waals surface area contributed by atoms with Gasteiger partial charge in [0.1, 0.15) is 0 Å². The van der Waals surface area contributed by atoms with Crippen molar-refractivity contribution in [3.05, 3.63) is 101 Å². The average Bonchev–Trinajstić information content (AvgIpc) is 2.96. The topological polar surface area (TPSA) is 67.9 Å². The molecule has 0 bridgehead atoms. The molecule has 2 atom stereocenters. The van der Waals surface area contributed by atoms with Crippen molar-refractivity contribution < 1.29 is 45.4 Å². The number of anilines is 1. The average molecular weight is 609 g/mol. The molecule has 3 aromatic rings. The molecule has 1 aliphatic heterocycles. The van der Waals surface area contributed by atoms with Gasteiger partial charge < -0.3 is 19.7 Å². The lowest BCUT2D eigenvalue weighted by atomic mass is 9.88. The zero-order chi connectivity index (χ0) is 31.2. The fraction of sp³-hybridized carbons (Fsp3) is 0.355. The van der Waals surface area contributed by atoms with Gasteiger partial charge in [0.25, 0.3) is 0 Å². The van der Waals surface area contributed by atoms with E-state index < -0.39 is 48.2 Å². The number of hydrogen-bond donors (Lipinski definition) is 1. The number of carbonyl (C=O) groups is 2. The highest BCUT2D eigenvalue weighted by Crippen LogP contribution is 2.37. The number of benzene rings is 3. The van der Waals surface area contributed by atoms with Crippen LogP contribution in [0.1, 0.15) is 46.0 Å². The summed E-state index contributed by atoms with van der Waals surface area (Å²) in [5, 5.41) is 2.75. The van der Waals surface area contributed by atoms with Gasteiger partial charge in [-0.25, -0.2) is 9.59 Å². The molecule has 1 N–H and O–H groups in total. The number of alkyl halides is 6. The highest BCUT2D eigenvalue weighted by atomic mass is 19.4. The summed E-state index contributed by atoms with van der Waals surface area (Å²) >= 11 is 0. The second kappa shape index (κ2) is 13.5. The lowest BCUT2D eigenvalue weighted by Gasteiger charge is -2.38. The van der Waals surface area contributed by atoms with E-state index in [4.69, 9.17) is 9.47 Å². The van der Waals surface area contributed by atoms with Crippen LogP contribution in [0.5, 0.6) is 0 Å². The third-order valence-electron chi connectivity index (χ3n) is 7.07. The van der Waals surface area contributed by atoms with Crippen molar-refractivity contribution >= 4 is 17.7 Å². The van der Waals surface area contributed by atoms with E-state index in [1.54, 1.807) is 30.0 Å². The quantitative estimate of drug-likeness (QED) is 0.212. The molecule has 1 heterocycles. The van der Waals surface area contributed by atoms with Crippen LogP contribution in [0, 0.1) is 5.92 Å². The predicted octanol–water partition coefficient (Wildman–Crippen LogP) is 7.58. The first kappa shape index (κ1) is 31.9. The highest BCUT2D eigenvalue weighted by molar-refractivity contribution is 6.00. The second-order valence-electron chi connectivity index (χ2n) is 10.1. The van der Waals surface area contributed by atoms with Crippen molar-refractivity contribution in [1.82, 2.24) is 4.90 Å². The lowest BCUT2D eigenvalue weighted by Crippen LogP contribution is -2.49. The molecular formula is C31H30F6N2O4. The minimum atomic E-state index is -4.96. The van der Waals surface area contributed by atoms with Gasteiger partial charge in [-0.3, -0.25) is 0 Å². The van der Waals surface area contributed by atoms with E-state index in [-0.39, 0.29) is 54.9 Å². The lowest BCUT2D eigenvalue weighted by molar-refractivity contribution is -0.143. The van der Waals surface area contributed by atoms with Gasteiger partial charge in [0.15, 0.2) is 0 Å². The first-order valence-electron chi connectivity index (χ1n) is 13.6. The van der Waals surface area contributed by atoms with Gasteiger partial charge in [0.05, 0.1) is 41.7 Å². The van der Waals surface area contributed by atoms with E-state index in [0.717, 1.165) is 5.56 Å². The fourth-order valence-corrected chi connectivity index (χ4v) is 5.01. The Labute approximate surface area is 244 Å². The Hall–Kier alpha value is -4.06. The van der Waals surface area contributed by atoms with Crippen LogP contribution in [0.4, 0.5) is 36.8 Å². The first-order chi connectivity index (χ1) is 20.3. The summed E-state index contributed by atoms with van der Waals surface area (Å²) < 4.78 is 91.1. The molecule has 2 amide bonds. The molecular weight excluding hydrogens is 578 g/mol. The number of carbonyl (C=O) groups excluding carboxylic acids is 2. The van der Waals surface area contributed by atoms with Gasteiger partial charge in [-0.15, -0.1) is 0 Å². The summed E-state index contributed by atoms with van der Waals surface area (Å²) in [7, 11) is 0. The number of rotatable bonds is 8. The molecule has 2 unspecified atom stereocenters. The van der Waals surface area contributed by atoms with Gasteiger partial charge in [-0.2, -0.15) is 26.3 Å². The summed E-state index contributed by atoms with van der Waals surface area (Å²) in [6.07, 6.45) is -9.74. The molecule has 230 valence electrons. The number of piperidine rings is 1. The number of esters is 1. The Morgan fingerprint density at radius 3 is 2.14 bits per heavy atom. The van der Waals surface area contributed by atoms with Crippen LogP contribution in [-0.2, 0) is 34.9 Å². The third kappa shape index (κ3) is 8.50. The summed E-state index contributed by atoms with van der Waals surface area (Å²) in [6.45, 7) is 1.76. The maximum atomic E-state index is 13.3. The zero-order valence-electron chi connectivity index (χ0n) is 23.2. The number of likely N-dealkylation sites (tertiary alicyclic amines) is 1. The maximum Gasteiger partial charge on any atom is 0.416 e. The second-order valence-corrected chi connectivity index (χ2v) is 10.1. The van der Waals surface area contributed by atoms with Gasteiger partial charge >= 0.3 is 24.4 Å². The highest BCUT2D eigenvalue weighted by Gasteiger charge is 2.37. The van der Waals surface area contributed by atoms with Crippen molar-refractivity contribution in [2.75, 3.05) is 25.0 Å². The number of nitrogens with zero attached hydrogens (tertiary/aromatic N) is 1. The van der Waals surface area contributed by atoms with Gasteiger partial charge in [-0.1, -0.05) is 42.5 Å². The van der Waals surface area contributed by atoms with Crippen molar-refractivity contribution in [3.8, 4) is 0 Å². The van der Waals surface area contributed by atoms with Crippen molar-refractivity contribution in [1.29, 1.82) is 0 Å². The third-order valence-corrected chi connectivity index (χ3v) is 7.07. The Kier molecular flexibility index (Phi) is 10.0. The van der Waals surface area contributed by atoms with Crippen LogP contribution in [0.15, 0.2) is 72.8 Å². The van der Waals surface area contributed by atoms with E-state index in [9.17, 15) is 35.9 Å². The summed E-state index contributed by atoms with van der Waals surface area (Å²) in [4.78, 5) is 27.1. The molecule has 0 aliphatic carbocycles. The number of hydrogen-bond acceptors (Lipinski definition) is 4. The van der Waals surface area contributed by atoms with Crippen LogP contribution in [0.2, 0.25) is 0 Å². The molecule has 0 saturated carbocycles. The van der Waals surface area contributed by atoms with E-state index in [2.05, 4.69) is 5.32 Å². The zero-order valence-corrected chi connectivity index (χ0v) is 23.2. The minimum Gasteiger partial charge on any atom is -0.462 e. The van der Waals surface area contributed by atoms with Crippen molar-refractivity contribution in [2.45, 2.75) is 44.8 Å². The normalized spacial score (nSPS) is 17.4. The number of halogens is 6. The largest absolute Gasteiger partial charge is 0.462 e. The van der Waals surface area contributed by atoms with Crippen molar-refractivity contribution in [3.63, 3.8) is 0 Å². The predicted molar refractivity (Wildman–Crippen MR) is 146 cm³/mol. The standard InChI is InChI=1S/C31H30F6N2O4/c1-2-42-28(40)25-10-6-7-11-26(25)38-29(41)39-13-12-27(22(18-39)14-20-8-4-3-5-9-20)43-19-21-15-23(30(32,33)34)17-24(16-21)31(35,36)37/h3-11,15-17,22,27H,2,12-14,18-19H2,1H3,(H,38,41). The molecule has 12 heteroatoms. The molecule has 6 nitrogen and oxygen atoms in total. The van der Waals surface area contributed by atoms with E-state index in [1.807, 2.05) is 30.3 Å². The summed E-state index contributed by atoms with van der Waals surface area (Å²) in [6, 6.07) is 16.6. The monoisotopic (exact) mass is 608 g/mol. The number of nitrogens with one attached hydrogen (secondary N) is 1. The molecule has 1 aliphatic rings. The Bertz CT molecular complexity index is 1380. The molecule has 0 aromatic heterocycles. The minimum absolute atomic E-state index is 0.0822. The van der Waals surface area contributed by atoms with Crippen molar-refractivity contribution in [2.24, 2.45) is 5.92 Å². The Morgan fingerprint density at radius 1 is 0.884 bits per heavy atom. The maximum absolute atomic E-state index is 13.3. The molecule has 0 radical (unpaired) electrons. The molecule has 3 aromatic carbocycles. The van der Waals surface area contributed by atoms with Crippen LogP contribution in [0.3, 0.4) is 0 Å². The fourth-order valence-electron chi connectivity index (χ4n) is 5.01.